The van der Waals surface area contributed by atoms with Crippen LogP contribution in [0.15, 0.2) is 48.5 Å². The molecule has 0 aromatic heterocycles. The van der Waals surface area contributed by atoms with Crippen molar-refractivity contribution in [3.05, 3.63) is 65.2 Å². The Balaban J connectivity index is 1.76. The van der Waals surface area contributed by atoms with E-state index in [4.69, 9.17) is 9.47 Å². The molecular formula is C21H29NO2. The molecule has 24 heavy (non-hydrogen) atoms. The molecule has 0 aliphatic heterocycles. The SMILES string of the molecule is Cc1ccc(OCCOCc2ccccc2)c(CNCC(C)C)c1. The van der Waals surface area contributed by atoms with Crippen LogP contribution in [0.1, 0.15) is 30.5 Å². The van der Waals surface area contributed by atoms with E-state index in [1.54, 1.807) is 0 Å². The smallest absolute Gasteiger partial charge is 0.123 e. The van der Waals surface area contributed by atoms with Gasteiger partial charge in [-0.2, -0.15) is 0 Å². The van der Waals surface area contributed by atoms with Crippen LogP contribution >= 0.6 is 0 Å². The first kappa shape index (κ1) is 18.5. The normalized spacial score (nSPS) is 11.0. The molecule has 2 aromatic carbocycles. The van der Waals surface area contributed by atoms with Crippen molar-refractivity contribution in [3.63, 3.8) is 0 Å². The fourth-order valence-corrected chi connectivity index (χ4v) is 2.46. The molecule has 0 atom stereocenters. The highest BCUT2D eigenvalue weighted by Gasteiger charge is 2.05. The summed E-state index contributed by atoms with van der Waals surface area (Å²) in [6.45, 7) is 10.2. The first-order valence-electron chi connectivity index (χ1n) is 8.70. The van der Waals surface area contributed by atoms with Crippen molar-refractivity contribution in [1.82, 2.24) is 5.32 Å². The van der Waals surface area contributed by atoms with Crippen LogP contribution in [0.4, 0.5) is 0 Å². The zero-order valence-corrected chi connectivity index (χ0v) is 15.0. The summed E-state index contributed by atoms with van der Waals surface area (Å²) in [5, 5.41) is 3.48. The maximum absolute atomic E-state index is 5.92. The second kappa shape index (κ2) is 10.1. The number of benzene rings is 2. The van der Waals surface area contributed by atoms with Crippen LogP contribution in [0, 0.1) is 12.8 Å². The lowest BCUT2D eigenvalue weighted by Crippen LogP contribution is -2.19. The summed E-state index contributed by atoms with van der Waals surface area (Å²) >= 11 is 0. The number of nitrogens with one attached hydrogen (secondary N) is 1. The summed E-state index contributed by atoms with van der Waals surface area (Å²) in [5.41, 5.74) is 3.65. The molecule has 0 radical (unpaired) electrons. The molecule has 0 spiro atoms. The van der Waals surface area contributed by atoms with Gasteiger partial charge >= 0.3 is 0 Å². The monoisotopic (exact) mass is 327 g/mol. The lowest BCUT2D eigenvalue weighted by molar-refractivity contribution is 0.0886. The van der Waals surface area contributed by atoms with Gasteiger partial charge in [0.15, 0.2) is 0 Å². The molecule has 0 heterocycles. The van der Waals surface area contributed by atoms with E-state index in [2.05, 4.69) is 56.4 Å². The second-order valence-corrected chi connectivity index (χ2v) is 6.52. The van der Waals surface area contributed by atoms with Gasteiger partial charge in [0.05, 0.1) is 13.2 Å². The van der Waals surface area contributed by atoms with Gasteiger partial charge in [-0.25, -0.2) is 0 Å². The van der Waals surface area contributed by atoms with Gasteiger partial charge in [0.2, 0.25) is 0 Å². The first-order valence-corrected chi connectivity index (χ1v) is 8.70. The van der Waals surface area contributed by atoms with Crippen molar-refractivity contribution in [2.75, 3.05) is 19.8 Å². The quantitative estimate of drug-likeness (QED) is 0.659. The average molecular weight is 327 g/mol. The van der Waals surface area contributed by atoms with Gasteiger partial charge < -0.3 is 14.8 Å². The van der Waals surface area contributed by atoms with Crippen LogP contribution in [0.2, 0.25) is 0 Å². The van der Waals surface area contributed by atoms with E-state index in [0.29, 0.717) is 25.7 Å². The largest absolute Gasteiger partial charge is 0.491 e. The summed E-state index contributed by atoms with van der Waals surface area (Å²) in [4.78, 5) is 0. The molecule has 2 aromatic rings. The molecule has 2 rings (SSSR count). The third-order valence-electron chi connectivity index (χ3n) is 3.68. The molecule has 3 heteroatoms. The summed E-state index contributed by atoms with van der Waals surface area (Å²) in [5.74, 6) is 1.59. The van der Waals surface area contributed by atoms with Crippen LogP contribution in [0.25, 0.3) is 0 Å². The van der Waals surface area contributed by atoms with Crippen molar-refractivity contribution in [1.29, 1.82) is 0 Å². The molecule has 0 fully saturated rings. The van der Waals surface area contributed by atoms with Gasteiger partial charge in [-0.15, -0.1) is 0 Å². The molecule has 3 nitrogen and oxygen atoms in total. The summed E-state index contributed by atoms with van der Waals surface area (Å²) in [6.07, 6.45) is 0. The second-order valence-electron chi connectivity index (χ2n) is 6.52. The molecular weight excluding hydrogens is 298 g/mol. The Kier molecular flexibility index (Phi) is 7.80. The third kappa shape index (κ3) is 6.73. The molecule has 130 valence electrons. The van der Waals surface area contributed by atoms with Gasteiger partial charge in [0, 0.05) is 12.1 Å². The minimum Gasteiger partial charge on any atom is -0.491 e. The highest BCUT2D eigenvalue weighted by molar-refractivity contribution is 5.36. The molecule has 0 aliphatic carbocycles. The van der Waals surface area contributed by atoms with E-state index in [9.17, 15) is 0 Å². The summed E-state index contributed by atoms with van der Waals surface area (Å²) in [7, 11) is 0. The van der Waals surface area contributed by atoms with Crippen molar-refractivity contribution < 1.29 is 9.47 Å². The van der Waals surface area contributed by atoms with Crippen LogP contribution in [0.5, 0.6) is 5.75 Å². The summed E-state index contributed by atoms with van der Waals surface area (Å²) < 4.78 is 11.6. The number of aryl methyl sites for hydroxylation is 1. The molecule has 0 saturated heterocycles. The predicted octanol–water partition coefficient (Wildman–Crippen LogP) is 4.34. The third-order valence-corrected chi connectivity index (χ3v) is 3.68. The number of ether oxygens (including phenoxy) is 2. The van der Waals surface area contributed by atoms with Gasteiger partial charge in [0.1, 0.15) is 12.4 Å². The molecule has 0 bridgehead atoms. The highest BCUT2D eigenvalue weighted by Crippen LogP contribution is 2.20. The van der Waals surface area contributed by atoms with E-state index in [1.165, 1.54) is 16.7 Å². The molecule has 0 saturated carbocycles. The molecule has 0 unspecified atom stereocenters. The van der Waals surface area contributed by atoms with Crippen molar-refractivity contribution in [2.24, 2.45) is 5.92 Å². The van der Waals surface area contributed by atoms with E-state index >= 15 is 0 Å². The molecule has 0 aliphatic rings. The first-order chi connectivity index (χ1) is 11.6. The van der Waals surface area contributed by atoms with Crippen molar-refractivity contribution >= 4 is 0 Å². The Bertz CT molecular complexity index is 596. The zero-order chi connectivity index (χ0) is 17.2. The standard InChI is InChI=1S/C21H29NO2/c1-17(2)14-22-15-20-13-18(3)9-10-21(20)24-12-11-23-16-19-7-5-4-6-8-19/h4-10,13,17,22H,11-12,14-16H2,1-3H3. The average Bonchev–Trinajstić information content (AvgIpc) is 2.57. The molecule has 0 amide bonds. The maximum atomic E-state index is 5.92. The van der Waals surface area contributed by atoms with E-state index in [1.807, 2.05) is 18.2 Å². The van der Waals surface area contributed by atoms with E-state index < -0.39 is 0 Å². The predicted molar refractivity (Wildman–Crippen MR) is 99.3 cm³/mol. The van der Waals surface area contributed by atoms with Crippen LogP contribution in [0.3, 0.4) is 0 Å². The Hall–Kier alpha value is -1.84. The van der Waals surface area contributed by atoms with Crippen LogP contribution in [-0.2, 0) is 17.9 Å². The fraction of sp³-hybridized carbons (Fsp3) is 0.429. The lowest BCUT2D eigenvalue weighted by atomic mass is 10.1. The number of hydrogen-bond donors (Lipinski definition) is 1. The van der Waals surface area contributed by atoms with E-state index in [0.717, 1.165) is 18.8 Å². The topological polar surface area (TPSA) is 30.5 Å². The lowest BCUT2D eigenvalue weighted by Gasteiger charge is -2.14. The highest BCUT2D eigenvalue weighted by atomic mass is 16.5. The molecule has 1 N–H and O–H groups in total. The Morgan fingerprint density at radius 2 is 1.79 bits per heavy atom. The summed E-state index contributed by atoms with van der Waals surface area (Å²) in [6, 6.07) is 16.5. The van der Waals surface area contributed by atoms with Crippen LogP contribution < -0.4 is 10.1 Å². The van der Waals surface area contributed by atoms with Crippen molar-refractivity contribution in [2.45, 2.75) is 33.9 Å². The number of rotatable bonds is 10. The van der Waals surface area contributed by atoms with Gasteiger partial charge in [0.25, 0.3) is 0 Å². The van der Waals surface area contributed by atoms with Crippen molar-refractivity contribution in [3.8, 4) is 5.75 Å². The van der Waals surface area contributed by atoms with Gasteiger partial charge in [-0.05, 0) is 31.0 Å². The van der Waals surface area contributed by atoms with Gasteiger partial charge in [-0.3, -0.25) is 0 Å². The number of hydrogen-bond acceptors (Lipinski definition) is 3. The van der Waals surface area contributed by atoms with E-state index in [-0.39, 0.29) is 0 Å². The Labute approximate surface area is 146 Å². The minimum atomic E-state index is 0.563. The Morgan fingerprint density at radius 1 is 1.00 bits per heavy atom. The minimum absolute atomic E-state index is 0.563. The maximum Gasteiger partial charge on any atom is 0.123 e. The van der Waals surface area contributed by atoms with Gasteiger partial charge in [-0.1, -0.05) is 61.9 Å². The zero-order valence-electron chi connectivity index (χ0n) is 15.0. The van der Waals surface area contributed by atoms with Crippen LogP contribution in [-0.4, -0.2) is 19.8 Å². The fourth-order valence-electron chi connectivity index (χ4n) is 2.46. The Morgan fingerprint density at radius 3 is 2.54 bits per heavy atom.